The Hall–Kier alpha value is -3.09. The van der Waals surface area contributed by atoms with Crippen molar-refractivity contribution in [3.8, 4) is 5.75 Å². The number of nitrogens with zero attached hydrogens (tertiary/aromatic N) is 2. The van der Waals surface area contributed by atoms with Gasteiger partial charge in [0.15, 0.2) is 0 Å². The molecule has 0 amide bonds. The van der Waals surface area contributed by atoms with Gasteiger partial charge in [0, 0.05) is 24.0 Å². The summed E-state index contributed by atoms with van der Waals surface area (Å²) in [5.41, 5.74) is 0.443. The maximum absolute atomic E-state index is 12.4. The maximum atomic E-state index is 12.4. The summed E-state index contributed by atoms with van der Waals surface area (Å²) in [5.74, 6) is -0.713. The number of fused-ring (bicyclic) bond motifs is 1. The van der Waals surface area contributed by atoms with Crippen molar-refractivity contribution in [3.05, 3.63) is 58.4 Å². The zero-order valence-corrected chi connectivity index (χ0v) is 13.1. The van der Waals surface area contributed by atoms with E-state index in [9.17, 15) is 14.7 Å². The molecule has 0 fully saturated rings. The van der Waals surface area contributed by atoms with Crippen molar-refractivity contribution in [2.45, 2.75) is 25.8 Å². The number of anilines is 1. The van der Waals surface area contributed by atoms with Crippen LogP contribution in [0.15, 0.2) is 41.5 Å². The molecule has 1 aromatic carbocycles. The number of aromatic nitrogens is 2. The summed E-state index contributed by atoms with van der Waals surface area (Å²) >= 11 is 0. The van der Waals surface area contributed by atoms with E-state index >= 15 is 0 Å². The third kappa shape index (κ3) is 2.76. The predicted molar refractivity (Wildman–Crippen MR) is 89.1 cm³/mol. The predicted octanol–water partition coefficient (Wildman–Crippen LogP) is 2.45. The number of carboxylic acids is 1. The number of benzene rings is 1. The Morgan fingerprint density at radius 2 is 2.17 bits per heavy atom. The molecule has 0 aliphatic carbocycles. The normalized spacial score (nSPS) is 18.2. The minimum atomic E-state index is -1.28. The van der Waals surface area contributed by atoms with E-state index in [1.54, 1.807) is 30.5 Å². The summed E-state index contributed by atoms with van der Waals surface area (Å²) < 4.78 is 1.42. The van der Waals surface area contributed by atoms with Gasteiger partial charge in [0.25, 0.3) is 5.56 Å². The number of phenols is 1. The molecule has 0 bridgehead atoms. The highest BCUT2D eigenvalue weighted by atomic mass is 16.4. The van der Waals surface area contributed by atoms with Crippen LogP contribution in [0.5, 0.6) is 5.75 Å². The minimum Gasteiger partial charge on any atom is -0.506 e. The molecule has 3 N–H and O–H groups in total. The van der Waals surface area contributed by atoms with Crippen LogP contribution in [0, 0.1) is 0 Å². The van der Waals surface area contributed by atoms with Crippen molar-refractivity contribution >= 4 is 17.2 Å². The van der Waals surface area contributed by atoms with Crippen molar-refractivity contribution in [1.29, 1.82) is 0 Å². The van der Waals surface area contributed by atoms with Crippen molar-refractivity contribution in [3.63, 3.8) is 0 Å². The third-order valence-corrected chi connectivity index (χ3v) is 4.09. The molecule has 0 saturated carbocycles. The molecule has 1 unspecified atom stereocenters. The van der Waals surface area contributed by atoms with Gasteiger partial charge in [0.2, 0.25) is 0 Å². The molecule has 1 aliphatic heterocycles. The molecule has 0 radical (unpaired) electrons. The Kier molecular flexibility index (Phi) is 4.07. The lowest BCUT2D eigenvalue weighted by Gasteiger charge is -2.26. The number of aromatic carboxylic acids is 1. The lowest BCUT2D eigenvalue weighted by atomic mass is 10.0. The van der Waals surface area contributed by atoms with E-state index in [1.807, 2.05) is 6.92 Å². The molecule has 2 aromatic rings. The molecule has 7 heteroatoms. The number of aromatic hydroxyl groups is 1. The first-order valence-electron chi connectivity index (χ1n) is 7.58. The van der Waals surface area contributed by atoms with Crippen molar-refractivity contribution in [2.75, 3.05) is 5.32 Å². The number of hydrogen-bond donors (Lipinski definition) is 3. The van der Waals surface area contributed by atoms with Crippen LogP contribution in [0.4, 0.5) is 5.69 Å². The Morgan fingerprint density at radius 3 is 2.88 bits per heavy atom. The van der Waals surface area contributed by atoms with Gasteiger partial charge in [-0.2, -0.15) is 0 Å². The second-order valence-corrected chi connectivity index (χ2v) is 5.69. The second kappa shape index (κ2) is 6.19. The molecule has 0 saturated heterocycles. The van der Waals surface area contributed by atoms with E-state index in [2.05, 4.69) is 10.3 Å². The van der Waals surface area contributed by atoms with Gasteiger partial charge in [0.05, 0.1) is 5.69 Å². The maximum Gasteiger partial charge on any atom is 0.342 e. The lowest BCUT2D eigenvalue weighted by Crippen LogP contribution is -2.34. The molecular formula is C17H17N3O4. The van der Waals surface area contributed by atoms with Gasteiger partial charge in [-0.3, -0.25) is 9.36 Å². The molecule has 0 spiro atoms. The smallest absolute Gasteiger partial charge is 0.342 e. The van der Waals surface area contributed by atoms with Crippen LogP contribution in [0.3, 0.4) is 0 Å². The number of hydrogen-bond acceptors (Lipinski definition) is 5. The second-order valence-electron chi connectivity index (χ2n) is 5.69. The summed E-state index contributed by atoms with van der Waals surface area (Å²) in [6.07, 6.45) is 4.19. The molecule has 1 atom stereocenters. The fourth-order valence-electron chi connectivity index (χ4n) is 2.76. The highest BCUT2D eigenvalue weighted by Crippen LogP contribution is 2.30. The van der Waals surface area contributed by atoms with E-state index in [-0.39, 0.29) is 17.4 Å². The van der Waals surface area contributed by atoms with Crippen LogP contribution in [0.1, 0.15) is 42.0 Å². The number of allylic oxidation sites excluding steroid dienone is 1. The molecule has 7 nitrogen and oxygen atoms in total. The van der Waals surface area contributed by atoms with E-state index in [4.69, 9.17) is 5.11 Å². The molecule has 3 rings (SSSR count). The summed E-state index contributed by atoms with van der Waals surface area (Å²) in [4.78, 5) is 27.7. The third-order valence-electron chi connectivity index (χ3n) is 4.09. The van der Waals surface area contributed by atoms with Crippen LogP contribution in [0.2, 0.25) is 0 Å². The zero-order valence-electron chi connectivity index (χ0n) is 13.1. The van der Waals surface area contributed by atoms with Crippen molar-refractivity contribution in [2.24, 2.45) is 0 Å². The largest absolute Gasteiger partial charge is 0.506 e. The topological polar surface area (TPSA) is 104 Å². The molecule has 1 aliphatic rings. The first-order valence-corrected chi connectivity index (χ1v) is 7.58. The van der Waals surface area contributed by atoms with Gasteiger partial charge in [0.1, 0.15) is 17.1 Å². The average Bonchev–Trinajstić information content (AvgIpc) is 2.55. The SMILES string of the molecule is CC1CC/C(=C\Nc2ccccc2O)c2ncc(C(=O)O)c(=O)n21. The summed E-state index contributed by atoms with van der Waals surface area (Å²) in [6.45, 7) is 1.87. The standard InChI is InChI=1S/C17H17N3O4/c1-10-6-7-11(8-18-13-4-2-3-5-14(13)21)15-19-9-12(17(23)24)16(22)20(10)15/h2-5,8-10,18,21H,6-7H2,1H3,(H,23,24)/b11-8+. The van der Waals surface area contributed by atoms with Crippen LogP contribution in [-0.2, 0) is 0 Å². The first-order chi connectivity index (χ1) is 11.5. The Labute approximate surface area is 137 Å². The van der Waals surface area contributed by atoms with Crippen LogP contribution in [0.25, 0.3) is 5.57 Å². The fraction of sp³-hybridized carbons (Fsp3) is 0.235. The quantitative estimate of drug-likeness (QED) is 0.748. The van der Waals surface area contributed by atoms with E-state index < -0.39 is 11.5 Å². The van der Waals surface area contributed by atoms with Gasteiger partial charge >= 0.3 is 5.97 Å². The average molecular weight is 327 g/mol. The highest BCUT2D eigenvalue weighted by molar-refractivity contribution is 5.87. The number of carboxylic acid groups (broad SMARTS) is 1. The highest BCUT2D eigenvalue weighted by Gasteiger charge is 2.25. The van der Waals surface area contributed by atoms with Gasteiger partial charge in [-0.15, -0.1) is 0 Å². The zero-order chi connectivity index (χ0) is 17.3. The molecule has 1 aromatic heterocycles. The number of phenolic OH excluding ortho intramolecular Hbond substituents is 1. The number of nitrogens with one attached hydrogen (secondary N) is 1. The lowest BCUT2D eigenvalue weighted by molar-refractivity contribution is 0.0693. The van der Waals surface area contributed by atoms with E-state index in [0.717, 1.165) is 11.8 Å². The first kappa shape index (κ1) is 15.8. The number of carbonyl (C=O) groups is 1. The summed E-state index contributed by atoms with van der Waals surface area (Å²) in [5, 5.41) is 21.9. The van der Waals surface area contributed by atoms with E-state index in [1.165, 1.54) is 4.57 Å². The Morgan fingerprint density at radius 1 is 1.42 bits per heavy atom. The minimum absolute atomic E-state index is 0.116. The van der Waals surface area contributed by atoms with Crippen LogP contribution >= 0.6 is 0 Å². The molecular weight excluding hydrogens is 310 g/mol. The Bertz CT molecular complexity index is 886. The van der Waals surface area contributed by atoms with Gasteiger partial charge in [-0.25, -0.2) is 9.78 Å². The summed E-state index contributed by atoms with van der Waals surface area (Å²) in [6, 6.07) is 6.69. The van der Waals surface area contributed by atoms with Crippen molar-refractivity contribution < 1.29 is 15.0 Å². The monoisotopic (exact) mass is 327 g/mol. The van der Waals surface area contributed by atoms with E-state index in [0.29, 0.717) is 24.4 Å². The number of para-hydroxylation sites is 2. The summed E-state index contributed by atoms with van der Waals surface area (Å²) in [7, 11) is 0. The van der Waals surface area contributed by atoms with Gasteiger partial charge in [-0.05, 0) is 31.9 Å². The van der Waals surface area contributed by atoms with Crippen LogP contribution < -0.4 is 10.9 Å². The molecule has 24 heavy (non-hydrogen) atoms. The van der Waals surface area contributed by atoms with Crippen LogP contribution in [-0.4, -0.2) is 25.7 Å². The van der Waals surface area contributed by atoms with Crippen molar-refractivity contribution in [1.82, 2.24) is 9.55 Å². The molecule has 124 valence electrons. The molecule has 2 heterocycles. The van der Waals surface area contributed by atoms with Gasteiger partial charge < -0.3 is 15.5 Å². The number of rotatable bonds is 3. The fourth-order valence-corrected chi connectivity index (χ4v) is 2.76. The van der Waals surface area contributed by atoms with Gasteiger partial charge in [-0.1, -0.05) is 12.1 Å². The Balaban J connectivity index is 2.02.